The van der Waals surface area contributed by atoms with Gasteiger partial charge in [0.25, 0.3) is 5.56 Å². The number of rotatable bonds is 5. The number of nitrogens with one attached hydrogen (secondary N) is 1. The van der Waals surface area contributed by atoms with Crippen molar-refractivity contribution in [1.82, 2.24) is 20.2 Å². The molecule has 0 bridgehead atoms. The Labute approximate surface area is 139 Å². The van der Waals surface area contributed by atoms with Crippen LogP contribution in [0.1, 0.15) is 19.3 Å². The zero-order chi connectivity index (χ0) is 17.1. The molecule has 0 unspecified atom stereocenters. The van der Waals surface area contributed by atoms with Crippen LogP contribution in [0.5, 0.6) is 6.01 Å². The third-order valence-corrected chi connectivity index (χ3v) is 4.97. The molecule has 1 saturated heterocycles. The highest BCUT2D eigenvalue weighted by Crippen LogP contribution is 2.32. The molecular formula is C14H20N5O4P. The molecule has 0 saturated carbocycles. The van der Waals surface area contributed by atoms with E-state index < -0.39 is 8.38 Å². The van der Waals surface area contributed by atoms with Gasteiger partial charge in [0, 0.05) is 19.3 Å². The lowest BCUT2D eigenvalue weighted by molar-refractivity contribution is 0.374. The molecule has 24 heavy (non-hydrogen) atoms. The summed E-state index contributed by atoms with van der Waals surface area (Å²) >= 11 is 0. The van der Waals surface area contributed by atoms with Crippen LogP contribution >= 0.6 is 8.38 Å². The van der Waals surface area contributed by atoms with E-state index in [2.05, 4.69) is 25.1 Å². The van der Waals surface area contributed by atoms with E-state index in [1.54, 1.807) is 0 Å². The Morgan fingerprint density at radius 2 is 2.12 bits per heavy atom. The Bertz CT molecular complexity index is 760. The van der Waals surface area contributed by atoms with Crippen molar-refractivity contribution in [2.24, 2.45) is 5.92 Å². The standard InChI is InChI=1S/C14H20N5O4P/c1-23-14-16-10-8-15-18-13(20)11(10)12(17-14)19-5-2-9(3-6-19)4-7-24(21)22/h8-9,21-22H,2-7H2,1H3,(H,18,20). The lowest BCUT2D eigenvalue weighted by Crippen LogP contribution is -2.35. The number of hydrogen-bond donors (Lipinski definition) is 3. The molecule has 3 heterocycles. The minimum Gasteiger partial charge on any atom is -0.467 e. The topological polar surface area (TPSA) is 124 Å². The molecule has 3 N–H and O–H groups in total. The van der Waals surface area contributed by atoms with Gasteiger partial charge in [-0.05, 0) is 25.2 Å². The lowest BCUT2D eigenvalue weighted by Gasteiger charge is -2.33. The average Bonchev–Trinajstić information content (AvgIpc) is 2.59. The maximum atomic E-state index is 12.2. The molecule has 0 radical (unpaired) electrons. The first kappa shape index (κ1) is 17.0. The molecule has 1 aliphatic heterocycles. The molecule has 9 nitrogen and oxygen atoms in total. The molecule has 0 amide bonds. The van der Waals surface area contributed by atoms with E-state index >= 15 is 0 Å². The van der Waals surface area contributed by atoms with Crippen molar-refractivity contribution in [3.05, 3.63) is 16.6 Å². The highest BCUT2D eigenvalue weighted by atomic mass is 31.2. The van der Waals surface area contributed by atoms with Crippen LogP contribution in [0.4, 0.5) is 5.82 Å². The molecule has 130 valence electrons. The quantitative estimate of drug-likeness (QED) is 0.669. The van der Waals surface area contributed by atoms with Crippen LogP contribution in [0.25, 0.3) is 10.9 Å². The van der Waals surface area contributed by atoms with Gasteiger partial charge in [-0.15, -0.1) is 0 Å². The highest BCUT2D eigenvalue weighted by Gasteiger charge is 2.24. The summed E-state index contributed by atoms with van der Waals surface area (Å²) in [6.07, 6.45) is 4.59. The summed E-state index contributed by atoms with van der Waals surface area (Å²) in [7, 11) is -0.332. The van der Waals surface area contributed by atoms with Crippen LogP contribution in [0.3, 0.4) is 0 Å². The summed E-state index contributed by atoms with van der Waals surface area (Å²) in [5.74, 6) is 1.02. The summed E-state index contributed by atoms with van der Waals surface area (Å²) in [6, 6.07) is 0.207. The Morgan fingerprint density at radius 3 is 2.79 bits per heavy atom. The van der Waals surface area contributed by atoms with Crippen molar-refractivity contribution in [2.45, 2.75) is 19.3 Å². The van der Waals surface area contributed by atoms with Gasteiger partial charge >= 0.3 is 6.01 Å². The van der Waals surface area contributed by atoms with E-state index in [0.29, 0.717) is 28.8 Å². The van der Waals surface area contributed by atoms with Gasteiger partial charge in [0.1, 0.15) is 16.7 Å². The van der Waals surface area contributed by atoms with E-state index in [1.807, 2.05) is 0 Å². The number of aromatic nitrogens is 4. The predicted molar refractivity (Wildman–Crippen MR) is 90.3 cm³/mol. The Morgan fingerprint density at radius 1 is 1.38 bits per heavy atom. The average molecular weight is 353 g/mol. The fraction of sp³-hybridized carbons (Fsp3) is 0.571. The van der Waals surface area contributed by atoms with Gasteiger partial charge in [-0.3, -0.25) is 4.79 Å². The Kier molecular flexibility index (Phi) is 5.23. The number of methoxy groups -OCH3 is 1. The van der Waals surface area contributed by atoms with E-state index in [1.165, 1.54) is 13.3 Å². The first-order valence-corrected chi connectivity index (χ1v) is 9.21. The van der Waals surface area contributed by atoms with E-state index in [0.717, 1.165) is 32.4 Å². The van der Waals surface area contributed by atoms with Gasteiger partial charge in [-0.25, -0.2) is 5.10 Å². The van der Waals surface area contributed by atoms with Gasteiger partial charge < -0.3 is 19.4 Å². The number of aromatic amines is 1. The molecule has 0 aliphatic carbocycles. The zero-order valence-corrected chi connectivity index (χ0v) is 14.2. The highest BCUT2D eigenvalue weighted by molar-refractivity contribution is 7.45. The van der Waals surface area contributed by atoms with E-state index in [-0.39, 0.29) is 11.6 Å². The van der Waals surface area contributed by atoms with Crippen molar-refractivity contribution in [2.75, 3.05) is 31.3 Å². The first-order chi connectivity index (χ1) is 11.6. The number of ether oxygens (including phenoxy) is 1. The number of anilines is 1. The second-order valence-corrected chi connectivity index (χ2v) is 7.00. The predicted octanol–water partition coefficient (Wildman–Crippen LogP) is 0.625. The van der Waals surface area contributed by atoms with Crippen molar-refractivity contribution in [3.63, 3.8) is 0 Å². The Hall–Kier alpha value is -1.83. The number of hydrogen-bond acceptors (Lipinski definition) is 8. The molecule has 1 aliphatic rings. The summed E-state index contributed by atoms with van der Waals surface area (Å²) in [4.78, 5) is 40.9. The van der Waals surface area contributed by atoms with Crippen molar-refractivity contribution in [1.29, 1.82) is 0 Å². The van der Waals surface area contributed by atoms with Crippen molar-refractivity contribution < 1.29 is 14.5 Å². The van der Waals surface area contributed by atoms with Crippen LogP contribution in [0, 0.1) is 5.92 Å². The maximum Gasteiger partial charge on any atom is 0.318 e. The SMILES string of the molecule is COc1nc(N2CCC(CCP(O)O)CC2)c2c(=O)[nH]ncc2n1. The van der Waals surface area contributed by atoms with Gasteiger partial charge in [-0.1, -0.05) is 0 Å². The molecule has 2 aromatic heterocycles. The van der Waals surface area contributed by atoms with Gasteiger partial charge in [0.15, 0.2) is 8.38 Å². The van der Waals surface area contributed by atoms with Gasteiger partial charge in [0.05, 0.1) is 13.3 Å². The first-order valence-electron chi connectivity index (χ1n) is 7.78. The van der Waals surface area contributed by atoms with E-state index in [4.69, 9.17) is 14.5 Å². The maximum absolute atomic E-state index is 12.2. The number of piperidine rings is 1. The zero-order valence-electron chi connectivity index (χ0n) is 13.3. The molecule has 0 spiro atoms. The smallest absolute Gasteiger partial charge is 0.318 e. The van der Waals surface area contributed by atoms with Gasteiger partial charge in [-0.2, -0.15) is 15.1 Å². The number of nitrogens with zero attached hydrogens (tertiary/aromatic N) is 4. The Balaban J connectivity index is 1.84. The van der Waals surface area contributed by atoms with Crippen molar-refractivity contribution in [3.8, 4) is 6.01 Å². The minimum atomic E-state index is -1.82. The second kappa shape index (κ2) is 7.38. The normalized spacial score (nSPS) is 16.1. The van der Waals surface area contributed by atoms with Crippen LogP contribution in [-0.4, -0.2) is 56.3 Å². The van der Waals surface area contributed by atoms with Gasteiger partial charge in [0.2, 0.25) is 0 Å². The molecule has 0 aromatic carbocycles. The summed E-state index contributed by atoms with van der Waals surface area (Å²) < 4.78 is 5.14. The van der Waals surface area contributed by atoms with Crippen LogP contribution in [0.15, 0.2) is 11.0 Å². The van der Waals surface area contributed by atoms with Crippen LogP contribution < -0.4 is 15.2 Å². The summed E-state index contributed by atoms with van der Waals surface area (Å²) in [5.41, 5.74) is 0.132. The number of fused-ring (bicyclic) bond motifs is 1. The fourth-order valence-electron chi connectivity index (χ4n) is 3.02. The lowest BCUT2D eigenvalue weighted by atomic mass is 9.94. The molecular weight excluding hydrogens is 333 g/mol. The molecule has 2 aromatic rings. The minimum absolute atomic E-state index is 0.207. The second-order valence-electron chi connectivity index (χ2n) is 5.81. The van der Waals surface area contributed by atoms with Crippen molar-refractivity contribution >= 4 is 25.1 Å². The third-order valence-electron chi connectivity index (χ3n) is 4.31. The van der Waals surface area contributed by atoms with Crippen LogP contribution in [-0.2, 0) is 0 Å². The number of H-pyrrole nitrogens is 1. The molecule has 3 rings (SSSR count). The monoisotopic (exact) mass is 353 g/mol. The fourth-order valence-corrected chi connectivity index (χ4v) is 3.61. The summed E-state index contributed by atoms with van der Waals surface area (Å²) in [6.45, 7) is 1.49. The molecule has 10 heteroatoms. The van der Waals surface area contributed by atoms with E-state index in [9.17, 15) is 4.79 Å². The third kappa shape index (κ3) is 3.63. The largest absolute Gasteiger partial charge is 0.467 e. The molecule has 0 atom stereocenters. The summed E-state index contributed by atoms with van der Waals surface area (Å²) in [5, 5.41) is 6.62. The molecule has 1 fully saturated rings. The van der Waals surface area contributed by atoms with Crippen LogP contribution in [0.2, 0.25) is 0 Å².